The third-order valence-electron chi connectivity index (χ3n) is 5.24. The molecule has 3 heterocycles. The van der Waals surface area contributed by atoms with E-state index in [4.69, 9.17) is 9.47 Å². The van der Waals surface area contributed by atoms with Crippen LogP contribution in [-0.4, -0.2) is 57.4 Å². The maximum absolute atomic E-state index is 5.97. The van der Waals surface area contributed by atoms with Gasteiger partial charge in [-0.05, 0) is 48.9 Å². The molecule has 0 N–H and O–H groups in total. The molecule has 2 aromatic heterocycles. The van der Waals surface area contributed by atoms with Crippen LogP contribution < -0.4 is 4.74 Å². The van der Waals surface area contributed by atoms with Gasteiger partial charge in [0.25, 0.3) is 5.78 Å². The van der Waals surface area contributed by atoms with Crippen LogP contribution in [-0.2, 0) is 17.7 Å². The van der Waals surface area contributed by atoms with Gasteiger partial charge in [0.15, 0.2) is 0 Å². The molecule has 0 amide bonds. The minimum Gasteiger partial charge on any atom is -0.494 e. The van der Waals surface area contributed by atoms with Crippen molar-refractivity contribution >= 4 is 5.78 Å². The highest BCUT2D eigenvalue weighted by Gasteiger charge is 2.18. The molecule has 0 spiro atoms. The zero-order valence-electron chi connectivity index (χ0n) is 16.3. The second-order valence-electron chi connectivity index (χ2n) is 7.28. The summed E-state index contributed by atoms with van der Waals surface area (Å²) in [4.78, 5) is 10.8. The van der Waals surface area contributed by atoms with Crippen molar-refractivity contribution in [1.82, 2.24) is 24.5 Å². The third kappa shape index (κ3) is 4.85. The standard InChI is InChI=1S/C21H27N5O2/c1-27-19-7-9-25(10-8-19)14-17-4-2-6-20(12-17)28-11-3-5-18-13-22-21-23-16-24-26(21)15-18/h2,4,6,12-13,15-16,19H,3,5,7-11,14H2,1H3. The van der Waals surface area contributed by atoms with Gasteiger partial charge in [0.2, 0.25) is 0 Å². The zero-order valence-corrected chi connectivity index (χ0v) is 16.3. The van der Waals surface area contributed by atoms with Crippen molar-refractivity contribution in [3.8, 4) is 5.75 Å². The largest absolute Gasteiger partial charge is 0.494 e. The molecule has 1 aliphatic rings. The van der Waals surface area contributed by atoms with Crippen molar-refractivity contribution in [3.63, 3.8) is 0 Å². The molecule has 0 aliphatic carbocycles. The summed E-state index contributed by atoms with van der Waals surface area (Å²) in [5.74, 6) is 1.57. The predicted octanol–water partition coefficient (Wildman–Crippen LogP) is 2.75. The molecule has 28 heavy (non-hydrogen) atoms. The Balaban J connectivity index is 1.23. The first-order chi connectivity index (χ1) is 13.8. The monoisotopic (exact) mass is 381 g/mol. The van der Waals surface area contributed by atoms with E-state index in [0.29, 0.717) is 18.5 Å². The van der Waals surface area contributed by atoms with Crippen molar-refractivity contribution in [1.29, 1.82) is 0 Å². The molecule has 0 atom stereocenters. The lowest BCUT2D eigenvalue weighted by atomic mass is 10.1. The Hall–Kier alpha value is -2.51. The Morgan fingerprint density at radius 3 is 2.89 bits per heavy atom. The summed E-state index contributed by atoms with van der Waals surface area (Å²) in [5.41, 5.74) is 2.43. The maximum Gasteiger partial charge on any atom is 0.252 e. The molecular weight excluding hydrogens is 354 g/mol. The second kappa shape index (κ2) is 9.12. The molecular formula is C21H27N5O2. The fourth-order valence-electron chi connectivity index (χ4n) is 3.65. The van der Waals surface area contributed by atoms with Gasteiger partial charge >= 0.3 is 0 Å². The van der Waals surface area contributed by atoms with Crippen LogP contribution in [0.5, 0.6) is 5.75 Å². The van der Waals surface area contributed by atoms with Crippen molar-refractivity contribution < 1.29 is 9.47 Å². The summed E-state index contributed by atoms with van der Waals surface area (Å²) in [6, 6.07) is 8.44. The first-order valence-corrected chi connectivity index (χ1v) is 9.91. The van der Waals surface area contributed by atoms with E-state index in [1.807, 2.05) is 25.6 Å². The minimum absolute atomic E-state index is 0.423. The summed E-state index contributed by atoms with van der Waals surface area (Å²) >= 11 is 0. The normalized spacial score (nSPS) is 15.9. The van der Waals surface area contributed by atoms with Gasteiger partial charge in [-0.2, -0.15) is 10.1 Å². The Morgan fingerprint density at radius 1 is 1.14 bits per heavy atom. The lowest BCUT2D eigenvalue weighted by Gasteiger charge is -2.31. The summed E-state index contributed by atoms with van der Waals surface area (Å²) in [6.07, 6.45) is 9.82. The van der Waals surface area contributed by atoms with Crippen LogP contribution in [0, 0.1) is 0 Å². The number of nitrogens with zero attached hydrogens (tertiary/aromatic N) is 5. The summed E-state index contributed by atoms with van der Waals surface area (Å²) in [5, 5.41) is 4.12. The number of benzene rings is 1. The number of fused-ring (bicyclic) bond motifs is 1. The van der Waals surface area contributed by atoms with Gasteiger partial charge in [-0.15, -0.1) is 0 Å². The van der Waals surface area contributed by atoms with Crippen molar-refractivity contribution in [2.75, 3.05) is 26.8 Å². The molecule has 148 valence electrons. The second-order valence-corrected chi connectivity index (χ2v) is 7.28. The van der Waals surface area contributed by atoms with Crippen LogP contribution in [0.15, 0.2) is 43.0 Å². The van der Waals surface area contributed by atoms with Gasteiger partial charge in [-0.25, -0.2) is 9.50 Å². The SMILES string of the molecule is COC1CCN(Cc2cccc(OCCCc3cnc4ncnn4c3)c2)CC1. The number of likely N-dealkylation sites (tertiary alicyclic amines) is 1. The fourth-order valence-corrected chi connectivity index (χ4v) is 3.65. The first-order valence-electron chi connectivity index (χ1n) is 9.91. The van der Waals surface area contributed by atoms with Crippen molar-refractivity contribution in [3.05, 3.63) is 54.1 Å². The van der Waals surface area contributed by atoms with Gasteiger partial charge in [0.1, 0.15) is 12.1 Å². The van der Waals surface area contributed by atoms with E-state index in [2.05, 4.69) is 38.2 Å². The molecule has 1 aliphatic heterocycles. The van der Waals surface area contributed by atoms with E-state index in [1.165, 1.54) is 11.9 Å². The average molecular weight is 381 g/mol. The highest BCUT2D eigenvalue weighted by atomic mass is 16.5. The van der Waals surface area contributed by atoms with Gasteiger partial charge < -0.3 is 9.47 Å². The fraction of sp³-hybridized carbons (Fsp3) is 0.476. The van der Waals surface area contributed by atoms with E-state index in [9.17, 15) is 0 Å². The van der Waals surface area contributed by atoms with E-state index < -0.39 is 0 Å². The highest BCUT2D eigenvalue weighted by molar-refractivity contribution is 5.28. The summed E-state index contributed by atoms with van der Waals surface area (Å²) in [7, 11) is 1.81. The highest BCUT2D eigenvalue weighted by Crippen LogP contribution is 2.19. The van der Waals surface area contributed by atoms with Crippen LogP contribution >= 0.6 is 0 Å². The van der Waals surface area contributed by atoms with E-state index in [1.54, 1.807) is 4.52 Å². The third-order valence-corrected chi connectivity index (χ3v) is 5.24. The summed E-state index contributed by atoms with van der Waals surface area (Å²) < 4.78 is 13.1. The topological polar surface area (TPSA) is 64.8 Å². The quantitative estimate of drug-likeness (QED) is 0.559. The van der Waals surface area contributed by atoms with Crippen LogP contribution in [0.25, 0.3) is 5.78 Å². The van der Waals surface area contributed by atoms with Crippen molar-refractivity contribution in [2.24, 2.45) is 0 Å². The first kappa shape index (κ1) is 18.8. The van der Waals surface area contributed by atoms with Gasteiger partial charge in [0, 0.05) is 39.1 Å². The molecule has 3 aromatic rings. The van der Waals surface area contributed by atoms with Gasteiger partial charge in [-0.3, -0.25) is 4.90 Å². The average Bonchev–Trinajstić information content (AvgIpc) is 3.20. The van der Waals surface area contributed by atoms with E-state index >= 15 is 0 Å². The summed E-state index contributed by atoms with van der Waals surface area (Å²) in [6.45, 7) is 3.83. The number of hydrogen-bond acceptors (Lipinski definition) is 6. The molecule has 7 heteroatoms. The smallest absolute Gasteiger partial charge is 0.252 e. The lowest BCUT2D eigenvalue weighted by Crippen LogP contribution is -2.36. The maximum atomic E-state index is 5.97. The zero-order chi connectivity index (χ0) is 19.2. The van der Waals surface area contributed by atoms with Crippen LogP contribution in [0.1, 0.15) is 30.4 Å². The van der Waals surface area contributed by atoms with Gasteiger partial charge in [0.05, 0.1) is 12.7 Å². The molecule has 4 rings (SSSR count). The number of rotatable bonds is 8. The molecule has 1 fully saturated rings. The predicted molar refractivity (Wildman–Crippen MR) is 106 cm³/mol. The number of aryl methyl sites for hydroxylation is 1. The Labute approximate surface area is 165 Å². The lowest BCUT2D eigenvalue weighted by molar-refractivity contribution is 0.0388. The van der Waals surface area contributed by atoms with E-state index in [0.717, 1.165) is 56.6 Å². The Bertz CT molecular complexity index is 889. The van der Waals surface area contributed by atoms with E-state index in [-0.39, 0.29) is 0 Å². The molecule has 1 saturated heterocycles. The number of hydrogen-bond donors (Lipinski definition) is 0. The van der Waals surface area contributed by atoms with Gasteiger partial charge in [-0.1, -0.05) is 12.1 Å². The van der Waals surface area contributed by atoms with Crippen LogP contribution in [0.4, 0.5) is 0 Å². The van der Waals surface area contributed by atoms with Crippen molar-refractivity contribution in [2.45, 2.75) is 38.3 Å². The molecule has 7 nitrogen and oxygen atoms in total. The molecule has 0 unspecified atom stereocenters. The Kier molecular flexibility index (Phi) is 6.14. The number of piperidine rings is 1. The van der Waals surface area contributed by atoms with Crippen LogP contribution in [0.2, 0.25) is 0 Å². The Morgan fingerprint density at radius 2 is 2.04 bits per heavy atom. The minimum atomic E-state index is 0.423. The number of methoxy groups -OCH3 is 1. The molecule has 0 saturated carbocycles. The molecule has 0 bridgehead atoms. The number of ether oxygens (including phenoxy) is 2. The number of aromatic nitrogens is 4. The molecule has 0 radical (unpaired) electrons. The van der Waals surface area contributed by atoms with Crippen LogP contribution in [0.3, 0.4) is 0 Å². The molecule has 1 aromatic carbocycles.